The van der Waals surface area contributed by atoms with E-state index in [1.165, 1.54) is 0 Å². The van der Waals surface area contributed by atoms with E-state index in [4.69, 9.17) is 19.2 Å². The number of benzene rings is 2. The molecule has 4 N–H and O–H groups in total. The maximum atomic E-state index is 11.7. The van der Waals surface area contributed by atoms with Crippen LogP contribution in [0.5, 0.6) is 0 Å². The van der Waals surface area contributed by atoms with Crippen LogP contribution in [-0.2, 0) is 0 Å². The molecule has 110 valence electrons. The van der Waals surface area contributed by atoms with Gasteiger partial charge in [0, 0.05) is 5.56 Å². The van der Waals surface area contributed by atoms with Crippen molar-refractivity contribution in [2.45, 2.75) is 0 Å². The van der Waals surface area contributed by atoms with Crippen molar-refractivity contribution >= 4 is 20.9 Å². The fourth-order valence-corrected chi connectivity index (χ4v) is 1.43. The van der Waals surface area contributed by atoms with Crippen LogP contribution in [0.1, 0.15) is 15.9 Å². The lowest BCUT2D eigenvalue weighted by Crippen LogP contribution is -2.33. The van der Waals surface area contributed by atoms with Gasteiger partial charge >= 0.3 is 9.05 Å². The lowest BCUT2D eigenvalue weighted by atomic mass is 10.1. The summed E-state index contributed by atoms with van der Waals surface area (Å²) in [6, 6.07) is 19.1. The normalized spacial score (nSPS) is 10.9. The molecule has 2 aromatic carbocycles. The minimum absolute atomic E-state index is 0.0319. The van der Waals surface area contributed by atoms with Gasteiger partial charge in [-0.05, 0) is 11.6 Å². The topological polar surface area (TPSA) is 98.0 Å². The molecule has 0 aliphatic carbocycles. The van der Waals surface area contributed by atoms with Crippen molar-refractivity contribution in [2.24, 2.45) is 0 Å². The third-order valence-corrected chi connectivity index (χ3v) is 2.29. The molecule has 6 heteroatoms. The second kappa shape index (κ2) is 8.25. The minimum Gasteiger partial charge on any atom is -0.368 e. The van der Waals surface area contributed by atoms with Crippen LogP contribution in [0.15, 0.2) is 66.7 Å². The Kier molecular flexibility index (Phi) is 6.66. The first-order chi connectivity index (χ1) is 9.86. The number of hydrogen-bond acceptors (Lipinski definition) is 5. The first-order valence-electron chi connectivity index (χ1n) is 6.08. The van der Waals surface area contributed by atoms with Crippen LogP contribution >= 0.6 is 0 Å². The molecule has 0 aliphatic heterocycles. The smallest absolute Gasteiger partial charge is 0.368 e. The molecule has 0 unspecified atom stereocenters. The van der Waals surface area contributed by atoms with Crippen molar-refractivity contribution in [3.8, 4) is 0 Å². The van der Waals surface area contributed by atoms with Crippen LogP contribution in [0.25, 0.3) is 6.08 Å². The van der Waals surface area contributed by atoms with E-state index in [0.717, 1.165) is 11.1 Å². The number of carbonyl (C=O) groups is 1. The van der Waals surface area contributed by atoms with Gasteiger partial charge in [0.25, 0.3) is 0 Å². The van der Waals surface area contributed by atoms with Crippen molar-refractivity contribution in [3.63, 3.8) is 0 Å². The summed E-state index contributed by atoms with van der Waals surface area (Å²) in [5.74, 6) is 0.0319. The highest BCUT2D eigenvalue weighted by molar-refractivity contribution is 6.46. The highest BCUT2D eigenvalue weighted by Gasteiger charge is 2.22. The molecule has 0 radical (unpaired) electrons. The van der Waals surface area contributed by atoms with E-state index in [-0.39, 0.29) is 5.78 Å². The SMILES string of the molecule is O=C(/C=C/c1ccccc1)c1ccccc1.O[Si](O)(O)O. The molecule has 0 bridgehead atoms. The molecule has 0 heterocycles. The first-order valence-corrected chi connectivity index (χ1v) is 7.87. The molecule has 5 nitrogen and oxygen atoms in total. The summed E-state index contributed by atoms with van der Waals surface area (Å²) in [5, 5.41) is 0. The second-order valence-corrected chi connectivity index (χ2v) is 5.27. The van der Waals surface area contributed by atoms with E-state index in [1.54, 1.807) is 6.08 Å². The fraction of sp³-hybridized carbons (Fsp3) is 0. The van der Waals surface area contributed by atoms with E-state index in [1.807, 2.05) is 66.7 Å². The Balaban J connectivity index is 0.000000383. The van der Waals surface area contributed by atoms with Gasteiger partial charge in [0.1, 0.15) is 0 Å². The van der Waals surface area contributed by atoms with Gasteiger partial charge in [0.2, 0.25) is 0 Å². The van der Waals surface area contributed by atoms with Crippen LogP contribution in [-0.4, -0.2) is 34.0 Å². The zero-order valence-electron chi connectivity index (χ0n) is 11.1. The second-order valence-electron chi connectivity index (χ2n) is 4.07. The summed E-state index contributed by atoms with van der Waals surface area (Å²) in [6.45, 7) is 0. The molecule has 0 saturated heterocycles. The van der Waals surface area contributed by atoms with E-state index < -0.39 is 9.05 Å². The van der Waals surface area contributed by atoms with E-state index in [9.17, 15) is 4.79 Å². The number of allylic oxidation sites excluding steroid dienone is 1. The van der Waals surface area contributed by atoms with Crippen molar-refractivity contribution in [1.82, 2.24) is 0 Å². The summed E-state index contributed by atoms with van der Waals surface area (Å²) in [4.78, 5) is 41.0. The Hall–Kier alpha value is -2.09. The molecule has 0 saturated carbocycles. The molecular formula is C15H16O5Si. The molecule has 0 fully saturated rings. The summed E-state index contributed by atoms with van der Waals surface area (Å²) in [5.41, 5.74) is 1.75. The molecule has 2 aromatic rings. The number of carbonyl (C=O) groups excluding carboxylic acids is 1. The third kappa shape index (κ3) is 8.63. The molecule has 0 spiro atoms. The number of rotatable bonds is 3. The monoisotopic (exact) mass is 304 g/mol. The van der Waals surface area contributed by atoms with Gasteiger partial charge in [0.15, 0.2) is 5.78 Å². The zero-order chi connectivity index (χ0) is 15.7. The van der Waals surface area contributed by atoms with E-state index in [2.05, 4.69) is 0 Å². The predicted molar refractivity (Wildman–Crippen MR) is 80.9 cm³/mol. The van der Waals surface area contributed by atoms with Crippen molar-refractivity contribution in [3.05, 3.63) is 77.9 Å². The summed E-state index contributed by atoms with van der Waals surface area (Å²) in [6.07, 6.45) is 3.43. The van der Waals surface area contributed by atoms with Crippen LogP contribution in [0, 0.1) is 0 Å². The number of hydrogen-bond donors (Lipinski definition) is 4. The van der Waals surface area contributed by atoms with E-state index >= 15 is 0 Å². The summed E-state index contributed by atoms with van der Waals surface area (Å²) in [7, 11) is -4.61. The molecular weight excluding hydrogens is 288 g/mol. The van der Waals surface area contributed by atoms with Crippen molar-refractivity contribution in [2.75, 3.05) is 0 Å². The lowest BCUT2D eigenvalue weighted by Gasteiger charge is -1.94. The van der Waals surface area contributed by atoms with Crippen LogP contribution in [0.3, 0.4) is 0 Å². The Morgan fingerprint density at radius 3 is 1.71 bits per heavy atom. The average Bonchev–Trinajstić information content (AvgIpc) is 2.45. The Labute approximate surface area is 123 Å². The maximum absolute atomic E-state index is 11.7. The Morgan fingerprint density at radius 2 is 1.24 bits per heavy atom. The highest BCUT2D eigenvalue weighted by atomic mass is 28.4. The molecule has 0 aromatic heterocycles. The lowest BCUT2D eigenvalue weighted by molar-refractivity contribution is 0.104. The Bertz CT molecular complexity index is 570. The van der Waals surface area contributed by atoms with Gasteiger partial charge in [-0.25, -0.2) is 0 Å². The van der Waals surface area contributed by atoms with Gasteiger partial charge in [-0.15, -0.1) is 0 Å². The largest absolute Gasteiger partial charge is 0.668 e. The molecule has 0 amide bonds. The van der Waals surface area contributed by atoms with Gasteiger partial charge in [0.05, 0.1) is 0 Å². The van der Waals surface area contributed by atoms with Crippen LogP contribution in [0.4, 0.5) is 0 Å². The Morgan fingerprint density at radius 1 is 0.810 bits per heavy atom. The third-order valence-electron chi connectivity index (χ3n) is 2.29. The summed E-state index contributed by atoms with van der Waals surface area (Å²) >= 11 is 0. The van der Waals surface area contributed by atoms with Gasteiger partial charge < -0.3 is 19.2 Å². The molecule has 2 rings (SSSR count). The van der Waals surface area contributed by atoms with Gasteiger partial charge in [-0.3, -0.25) is 4.79 Å². The molecule has 0 atom stereocenters. The highest BCUT2D eigenvalue weighted by Crippen LogP contribution is 2.05. The maximum Gasteiger partial charge on any atom is 0.668 e. The molecule has 21 heavy (non-hydrogen) atoms. The first kappa shape index (κ1) is 17.0. The average molecular weight is 304 g/mol. The zero-order valence-corrected chi connectivity index (χ0v) is 12.1. The quantitative estimate of drug-likeness (QED) is 0.385. The standard InChI is InChI=1S/C15H12O.H4O4Si/c16-15(14-9-5-2-6-10-14)12-11-13-7-3-1-4-8-13;1-5(2,3)4/h1-12H;1-4H/b12-11+;. The fourth-order valence-electron chi connectivity index (χ4n) is 1.43. The van der Waals surface area contributed by atoms with Gasteiger partial charge in [-0.1, -0.05) is 66.7 Å². The molecule has 0 aliphatic rings. The van der Waals surface area contributed by atoms with Gasteiger partial charge in [-0.2, -0.15) is 0 Å². The van der Waals surface area contributed by atoms with Crippen LogP contribution < -0.4 is 0 Å². The van der Waals surface area contributed by atoms with Crippen molar-refractivity contribution in [1.29, 1.82) is 0 Å². The van der Waals surface area contributed by atoms with E-state index in [0.29, 0.717) is 0 Å². The summed E-state index contributed by atoms with van der Waals surface area (Å²) < 4.78 is 0. The van der Waals surface area contributed by atoms with Crippen LogP contribution in [0.2, 0.25) is 0 Å². The number of ketones is 1. The van der Waals surface area contributed by atoms with Crippen molar-refractivity contribution < 1.29 is 24.0 Å². The minimum atomic E-state index is -4.61. The predicted octanol–water partition coefficient (Wildman–Crippen LogP) is 0.974.